The summed E-state index contributed by atoms with van der Waals surface area (Å²) in [6, 6.07) is 0. The summed E-state index contributed by atoms with van der Waals surface area (Å²) in [5.74, 6) is 2.31. The number of allylic oxidation sites excluding steroid dienone is 1. The van der Waals surface area contributed by atoms with Crippen LogP contribution >= 0.6 is 0 Å². The van der Waals surface area contributed by atoms with Gasteiger partial charge in [-0.3, -0.25) is 4.79 Å². The predicted molar refractivity (Wildman–Crippen MR) is 48.5 cm³/mol. The third kappa shape index (κ3) is 8.77. The van der Waals surface area contributed by atoms with E-state index in [1.54, 1.807) is 0 Å². The first-order chi connectivity index (χ1) is 5.77. The van der Waals surface area contributed by atoms with Crippen LogP contribution in [0.5, 0.6) is 0 Å². The molecule has 0 fully saturated rings. The Morgan fingerprint density at radius 3 is 2.92 bits per heavy atom. The monoisotopic (exact) mass is 166 g/mol. The fraction of sp³-hybridized carbons (Fsp3) is 0.500. The van der Waals surface area contributed by atoms with Gasteiger partial charge in [0.15, 0.2) is 0 Å². The van der Waals surface area contributed by atoms with Gasteiger partial charge in [-0.1, -0.05) is 12.2 Å². The van der Waals surface area contributed by atoms with E-state index >= 15 is 0 Å². The highest BCUT2D eigenvalue weighted by atomic mass is 16.5. The lowest BCUT2D eigenvalue weighted by Gasteiger charge is -1.94. The molecule has 0 N–H and O–H groups in total. The number of carbonyl (C=O) groups excluding carboxylic acids is 1. The summed E-state index contributed by atoms with van der Waals surface area (Å²) in [6.45, 7) is 1.76. The van der Waals surface area contributed by atoms with Crippen molar-refractivity contribution in [3.8, 4) is 12.3 Å². The highest BCUT2D eigenvalue weighted by molar-refractivity contribution is 5.65. The summed E-state index contributed by atoms with van der Waals surface area (Å²) >= 11 is 0. The fourth-order valence-corrected chi connectivity index (χ4v) is 0.673. The molecule has 0 rings (SSSR count). The van der Waals surface area contributed by atoms with E-state index in [2.05, 4.69) is 10.7 Å². The molecule has 0 aliphatic heterocycles. The average molecular weight is 166 g/mol. The second-order valence-corrected chi connectivity index (χ2v) is 2.37. The number of esters is 1. The predicted octanol–water partition coefficient (Wildman–Crippen LogP) is 1.91. The van der Waals surface area contributed by atoms with Crippen molar-refractivity contribution in [3.63, 3.8) is 0 Å². The quantitative estimate of drug-likeness (QED) is 0.270. The van der Waals surface area contributed by atoms with Crippen molar-refractivity contribution in [2.24, 2.45) is 0 Å². The van der Waals surface area contributed by atoms with Crippen LogP contribution in [0.3, 0.4) is 0 Å². The van der Waals surface area contributed by atoms with Gasteiger partial charge in [-0.25, -0.2) is 0 Å². The molecule has 12 heavy (non-hydrogen) atoms. The molecule has 0 bridgehead atoms. The van der Waals surface area contributed by atoms with Crippen LogP contribution < -0.4 is 0 Å². The second-order valence-electron chi connectivity index (χ2n) is 2.37. The zero-order chi connectivity index (χ0) is 9.23. The molecule has 0 saturated carbocycles. The van der Waals surface area contributed by atoms with Gasteiger partial charge >= 0.3 is 5.97 Å². The molecule has 0 aromatic heterocycles. The summed E-state index contributed by atoms with van der Waals surface area (Å²) in [5.41, 5.74) is 0. The molecule has 2 nitrogen and oxygen atoms in total. The Kier molecular flexibility index (Phi) is 7.07. The maximum absolute atomic E-state index is 10.3. The van der Waals surface area contributed by atoms with Crippen molar-refractivity contribution in [2.45, 2.75) is 26.2 Å². The van der Waals surface area contributed by atoms with Crippen LogP contribution in [0.25, 0.3) is 0 Å². The van der Waals surface area contributed by atoms with Crippen LogP contribution in [0.1, 0.15) is 26.2 Å². The van der Waals surface area contributed by atoms with Crippen molar-refractivity contribution in [2.75, 3.05) is 6.61 Å². The number of ether oxygens (including phenoxy) is 1. The summed E-state index contributed by atoms with van der Waals surface area (Å²) in [4.78, 5) is 10.3. The van der Waals surface area contributed by atoms with E-state index in [4.69, 9.17) is 6.42 Å². The number of hydrogen-bond acceptors (Lipinski definition) is 2. The fourth-order valence-electron chi connectivity index (χ4n) is 0.673. The molecule has 2 heteroatoms. The van der Waals surface area contributed by atoms with Crippen molar-refractivity contribution < 1.29 is 9.53 Å². The number of hydrogen-bond donors (Lipinski definition) is 0. The van der Waals surface area contributed by atoms with E-state index in [0.29, 0.717) is 6.61 Å². The molecule has 0 heterocycles. The van der Waals surface area contributed by atoms with Crippen LogP contribution in [0.4, 0.5) is 0 Å². The summed E-state index contributed by atoms with van der Waals surface area (Å²) in [5, 5.41) is 0. The third-order valence-corrected chi connectivity index (χ3v) is 1.24. The minimum absolute atomic E-state index is 0.247. The highest BCUT2D eigenvalue weighted by Crippen LogP contribution is 1.94. The number of rotatable bonds is 5. The minimum atomic E-state index is -0.247. The van der Waals surface area contributed by atoms with Crippen molar-refractivity contribution in [1.29, 1.82) is 0 Å². The molecule has 0 radical (unpaired) electrons. The van der Waals surface area contributed by atoms with Gasteiger partial charge in [0.1, 0.15) is 6.61 Å². The van der Waals surface area contributed by atoms with Crippen LogP contribution in [0.2, 0.25) is 0 Å². The molecule has 0 amide bonds. The normalized spacial score (nSPS) is 9.67. The van der Waals surface area contributed by atoms with E-state index in [9.17, 15) is 4.79 Å². The Hall–Kier alpha value is -1.23. The smallest absolute Gasteiger partial charge is 0.302 e. The first-order valence-electron chi connectivity index (χ1n) is 3.99. The molecule has 0 spiro atoms. The summed E-state index contributed by atoms with van der Waals surface area (Å²) in [6.07, 6.45) is 11.6. The number of terminal acetylenes is 1. The zero-order valence-electron chi connectivity index (χ0n) is 7.38. The largest absolute Gasteiger partial charge is 0.462 e. The Labute approximate surface area is 73.6 Å². The molecule has 66 valence electrons. The van der Waals surface area contributed by atoms with Gasteiger partial charge in [0.25, 0.3) is 0 Å². The van der Waals surface area contributed by atoms with E-state index < -0.39 is 0 Å². The van der Waals surface area contributed by atoms with Gasteiger partial charge in [0.05, 0.1) is 0 Å². The summed E-state index contributed by atoms with van der Waals surface area (Å²) < 4.78 is 4.68. The van der Waals surface area contributed by atoms with E-state index in [-0.39, 0.29) is 5.97 Å². The van der Waals surface area contributed by atoms with Crippen molar-refractivity contribution in [3.05, 3.63) is 12.2 Å². The Balaban J connectivity index is 3.15. The number of carbonyl (C=O) groups is 1. The topological polar surface area (TPSA) is 26.3 Å². The molecule has 0 aromatic rings. The van der Waals surface area contributed by atoms with Gasteiger partial charge in [0, 0.05) is 13.3 Å². The van der Waals surface area contributed by atoms with Gasteiger partial charge in [-0.05, 0) is 12.8 Å². The summed E-state index contributed by atoms with van der Waals surface area (Å²) in [7, 11) is 0. The lowest BCUT2D eigenvalue weighted by Crippen LogP contribution is -1.97. The first-order valence-corrected chi connectivity index (χ1v) is 3.99. The molecular formula is C10H14O2. The standard InChI is InChI=1S/C10H14O2/c1-3-4-5-6-7-8-9-12-10(2)11/h1,7-8H,4-6,9H2,2H3/b8-7+. The second kappa shape index (κ2) is 7.87. The zero-order valence-corrected chi connectivity index (χ0v) is 7.38. The van der Waals surface area contributed by atoms with Crippen LogP contribution in [0.15, 0.2) is 12.2 Å². The molecule has 0 aromatic carbocycles. The lowest BCUT2D eigenvalue weighted by molar-refractivity contribution is -0.139. The molecule has 0 unspecified atom stereocenters. The molecule has 0 saturated heterocycles. The van der Waals surface area contributed by atoms with Gasteiger partial charge in [-0.2, -0.15) is 0 Å². The van der Waals surface area contributed by atoms with Crippen LogP contribution in [-0.2, 0) is 9.53 Å². The third-order valence-electron chi connectivity index (χ3n) is 1.24. The Morgan fingerprint density at radius 2 is 2.33 bits per heavy atom. The number of unbranched alkanes of at least 4 members (excludes halogenated alkanes) is 2. The van der Waals surface area contributed by atoms with Crippen LogP contribution in [0, 0.1) is 12.3 Å². The van der Waals surface area contributed by atoms with E-state index in [1.807, 2.05) is 12.2 Å². The van der Waals surface area contributed by atoms with Gasteiger partial charge in [0.2, 0.25) is 0 Å². The minimum Gasteiger partial charge on any atom is -0.462 e. The molecule has 0 aliphatic rings. The molecular weight excluding hydrogens is 152 g/mol. The van der Waals surface area contributed by atoms with Crippen molar-refractivity contribution >= 4 is 5.97 Å². The molecule has 0 aliphatic carbocycles. The lowest BCUT2D eigenvalue weighted by atomic mass is 10.2. The Morgan fingerprint density at radius 1 is 1.58 bits per heavy atom. The van der Waals surface area contributed by atoms with Crippen molar-refractivity contribution in [1.82, 2.24) is 0 Å². The van der Waals surface area contributed by atoms with Crippen LogP contribution in [-0.4, -0.2) is 12.6 Å². The SMILES string of the molecule is C#CCCC/C=C/COC(C)=O. The Bertz CT molecular complexity index is 187. The van der Waals surface area contributed by atoms with Gasteiger partial charge in [-0.15, -0.1) is 12.3 Å². The average Bonchev–Trinajstić information content (AvgIpc) is 2.02. The first kappa shape index (κ1) is 10.8. The highest BCUT2D eigenvalue weighted by Gasteiger charge is 1.86. The molecule has 0 atom stereocenters. The maximum Gasteiger partial charge on any atom is 0.302 e. The van der Waals surface area contributed by atoms with E-state index in [0.717, 1.165) is 19.3 Å². The van der Waals surface area contributed by atoms with Gasteiger partial charge < -0.3 is 4.74 Å². The maximum atomic E-state index is 10.3. The van der Waals surface area contributed by atoms with E-state index in [1.165, 1.54) is 6.92 Å².